The minimum Gasteiger partial charge on any atom is -0.384 e. The quantitative estimate of drug-likeness (QED) is 0.281. The number of halogens is 2. The summed E-state index contributed by atoms with van der Waals surface area (Å²) in [6.45, 7) is 3.16. The highest BCUT2D eigenvalue weighted by atomic mass is 19.1. The molecule has 36 heavy (non-hydrogen) atoms. The molecule has 3 heteroatoms. The minimum absolute atomic E-state index is 0.273. The van der Waals surface area contributed by atoms with Crippen molar-refractivity contribution in [1.82, 2.24) is 0 Å². The molecule has 0 heterocycles. The van der Waals surface area contributed by atoms with Gasteiger partial charge in [-0.2, -0.15) is 0 Å². The SMILES string of the molecule is CCCC1CCC(c2ccc(-c3cc(F)c(CCCCC4CCC(COC)CC4)cc3F)cc2)CC1. The number of ether oxygens (including phenoxy) is 1. The number of benzene rings is 2. The van der Waals surface area contributed by atoms with Gasteiger partial charge in [-0.05, 0) is 104 Å². The van der Waals surface area contributed by atoms with E-state index in [1.54, 1.807) is 7.11 Å². The normalized spacial score (nSPS) is 24.7. The van der Waals surface area contributed by atoms with Gasteiger partial charge in [-0.3, -0.25) is 0 Å². The summed E-state index contributed by atoms with van der Waals surface area (Å²) in [5, 5.41) is 0. The molecule has 2 aromatic carbocycles. The first kappa shape index (κ1) is 27.3. The van der Waals surface area contributed by atoms with Crippen LogP contribution in [0.2, 0.25) is 0 Å². The molecule has 0 spiro atoms. The number of hydrogen-bond donors (Lipinski definition) is 0. The molecule has 2 fully saturated rings. The van der Waals surface area contributed by atoms with Gasteiger partial charge < -0.3 is 4.74 Å². The van der Waals surface area contributed by atoms with Crippen LogP contribution in [0.15, 0.2) is 36.4 Å². The zero-order valence-electron chi connectivity index (χ0n) is 22.5. The lowest BCUT2D eigenvalue weighted by molar-refractivity contribution is 0.117. The summed E-state index contributed by atoms with van der Waals surface area (Å²) >= 11 is 0. The molecule has 0 atom stereocenters. The molecule has 2 aromatic rings. The van der Waals surface area contributed by atoms with Crippen molar-refractivity contribution in [2.75, 3.05) is 13.7 Å². The maximum Gasteiger partial charge on any atom is 0.131 e. The van der Waals surface area contributed by atoms with Crippen molar-refractivity contribution in [3.05, 3.63) is 59.2 Å². The van der Waals surface area contributed by atoms with Crippen molar-refractivity contribution in [2.45, 2.75) is 103 Å². The summed E-state index contributed by atoms with van der Waals surface area (Å²) in [5.41, 5.74) is 3.01. The fourth-order valence-electron chi connectivity index (χ4n) is 6.80. The highest BCUT2D eigenvalue weighted by Crippen LogP contribution is 2.38. The summed E-state index contributed by atoms with van der Waals surface area (Å²) in [5.74, 6) is 2.43. The maximum atomic E-state index is 15.0. The van der Waals surface area contributed by atoms with E-state index in [1.165, 1.54) is 88.3 Å². The Kier molecular flexibility index (Phi) is 10.4. The average Bonchev–Trinajstić information content (AvgIpc) is 2.90. The minimum atomic E-state index is -0.310. The second-order valence-corrected chi connectivity index (χ2v) is 11.6. The summed E-state index contributed by atoms with van der Waals surface area (Å²) in [7, 11) is 1.79. The van der Waals surface area contributed by atoms with Crippen LogP contribution in [0.4, 0.5) is 8.78 Å². The summed E-state index contributed by atoms with van der Waals surface area (Å²) in [6, 6.07) is 11.1. The van der Waals surface area contributed by atoms with E-state index < -0.39 is 0 Å². The molecule has 0 radical (unpaired) electrons. The van der Waals surface area contributed by atoms with Gasteiger partial charge in [0.1, 0.15) is 11.6 Å². The van der Waals surface area contributed by atoms with Crippen LogP contribution >= 0.6 is 0 Å². The Labute approximate surface area is 218 Å². The Morgan fingerprint density at radius 2 is 1.39 bits per heavy atom. The number of hydrogen-bond acceptors (Lipinski definition) is 1. The second-order valence-electron chi connectivity index (χ2n) is 11.6. The fourth-order valence-corrected chi connectivity index (χ4v) is 6.80. The van der Waals surface area contributed by atoms with Crippen molar-refractivity contribution in [3.8, 4) is 11.1 Å². The number of rotatable bonds is 11. The third-order valence-corrected chi connectivity index (χ3v) is 9.05. The van der Waals surface area contributed by atoms with Crippen LogP contribution < -0.4 is 0 Å². The van der Waals surface area contributed by atoms with Crippen molar-refractivity contribution < 1.29 is 13.5 Å². The van der Waals surface area contributed by atoms with Crippen LogP contribution in [-0.4, -0.2) is 13.7 Å². The van der Waals surface area contributed by atoms with Crippen LogP contribution in [0.5, 0.6) is 0 Å². The van der Waals surface area contributed by atoms with E-state index in [0.29, 0.717) is 23.5 Å². The van der Waals surface area contributed by atoms with Crippen molar-refractivity contribution in [1.29, 1.82) is 0 Å². The van der Waals surface area contributed by atoms with E-state index >= 15 is 4.39 Å². The highest BCUT2D eigenvalue weighted by Gasteiger charge is 2.23. The Morgan fingerprint density at radius 1 is 0.750 bits per heavy atom. The highest BCUT2D eigenvalue weighted by molar-refractivity contribution is 5.65. The second kappa shape index (κ2) is 13.7. The number of aryl methyl sites for hydroxylation is 1. The molecule has 0 N–H and O–H groups in total. The molecular weight excluding hydrogens is 450 g/mol. The van der Waals surface area contributed by atoms with Gasteiger partial charge in [-0.15, -0.1) is 0 Å². The predicted molar refractivity (Wildman–Crippen MR) is 146 cm³/mol. The summed E-state index contributed by atoms with van der Waals surface area (Å²) in [6.07, 6.45) is 16.7. The Morgan fingerprint density at radius 3 is 2.06 bits per heavy atom. The van der Waals surface area contributed by atoms with Crippen LogP contribution in [-0.2, 0) is 11.2 Å². The first-order valence-corrected chi connectivity index (χ1v) is 14.6. The molecule has 2 saturated carbocycles. The Balaban J connectivity index is 1.27. The average molecular weight is 497 g/mol. The smallest absolute Gasteiger partial charge is 0.131 e. The largest absolute Gasteiger partial charge is 0.384 e. The van der Waals surface area contributed by atoms with Crippen molar-refractivity contribution in [3.63, 3.8) is 0 Å². The molecular formula is C33H46F2O. The van der Waals surface area contributed by atoms with Gasteiger partial charge in [0.05, 0.1) is 0 Å². The van der Waals surface area contributed by atoms with Crippen LogP contribution in [0.3, 0.4) is 0 Å². The van der Waals surface area contributed by atoms with E-state index in [4.69, 9.17) is 4.74 Å². The van der Waals surface area contributed by atoms with Gasteiger partial charge in [0.2, 0.25) is 0 Å². The van der Waals surface area contributed by atoms with Gasteiger partial charge >= 0.3 is 0 Å². The lowest BCUT2D eigenvalue weighted by atomic mass is 9.77. The molecule has 1 nitrogen and oxygen atoms in total. The van der Waals surface area contributed by atoms with Gasteiger partial charge in [0, 0.05) is 19.3 Å². The fraction of sp³-hybridized carbons (Fsp3) is 0.636. The van der Waals surface area contributed by atoms with Crippen LogP contribution in [0, 0.1) is 29.4 Å². The zero-order chi connectivity index (χ0) is 25.3. The number of methoxy groups -OCH3 is 1. The van der Waals surface area contributed by atoms with Crippen LogP contribution in [0.1, 0.15) is 107 Å². The van der Waals surface area contributed by atoms with Gasteiger partial charge in [0.15, 0.2) is 0 Å². The molecule has 0 unspecified atom stereocenters. The Hall–Kier alpha value is -1.74. The van der Waals surface area contributed by atoms with Gasteiger partial charge in [-0.25, -0.2) is 8.78 Å². The Bertz CT molecular complexity index is 921. The van der Waals surface area contributed by atoms with Crippen molar-refractivity contribution >= 4 is 0 Å². The predicted octanol–water partition coefficient (Wildman–Crippen LogP) is 9.87. The summed E-state index contributed by atoms with van der Waals surface area (Å²) < 4.78 is 35.2. The maximum absolute atomic E-state index is 15.0. The molecule has 198 valence electrons. The lowest BCUT2D eigenvalue weighted by Gasteiger charge is -2.28. The molecule has 2 aliphatic rings. The third kappa shape index (κ3) is 7.40. The van der Waals surface area contributed by atoms with Crippen LogP contribution in [0.25, 0.3) is 11.1 Å². The first-order chi connectivity index (χ1) is 17.6. The molecule has 0 aliphatic heterocycles. The van der Waals surface area contributed by atoms with E-state index in [9.17, 15) is 4.39 Å². The molecule has 0 aromatic heterocycles. The van der Waals surface area contributed by atoms with Crippen molar-refractivity contribution in [2.24, 2.45) is 17.8 Å². The van der Waals surface area contributed by atoms with E-state index in [-0.39, 0.29) is 11.6 Å². The zero-order valence-corrected chi connectivity index (χ0v) is 22.5. The molecule has 0 amide bonds. The molecule has 2 aliphatic carbocycles. The number of unbranched alkanes of at least 4 members (excludes halogenated alkanes) is 1. The third-order valence-electron chi connectivity index (χ3n) is 9.05. The van der Waals surface area contributed by atoms with E-state index in [0.717, 1.165) is 42.8 Å². The summed E-state index contributed by atoms with van der Waals surface area (Å²) in [4.78, 5) is 0. The molecule has 0 bridgehead atoms. The van der Waals surface area contributed by atoms with E-state index in [1.807, 2.05) is 12.1 Å². The monoisotopic (exact) mass is 496 g/mol. The van der Waals surface area contributed by atoms with Gasteiger partial charge in [-0.1, -0.05) is 69.7 Å². The van der Waals surface area contributed by atoms with E-state index in [2.05, 4.69) is 19.1 Å². The molecule has 0 saturated heterocycles. The standard InChI is InChI=1S/C33H46F2O/c1-3-6-24-13-15-27(16-14-24)28-17-19-29(20-18-28)31-22-32(34)30(21-33(31)35)8-5-4-7-25-9-11-26(12-10-25)23-36-2/h17-22,24-27H,3-16,23H2,1-2H3. The lowest BCUT2D eigenvalue weighted by Crippen LogP contribution is -2.18. The first-order valence-electron chi connectivity index (χ1n) is 14.6. The topological polar surface area (TPSA) is 9.23 Å². The van der Waals surface area contributed by atoms with Gasteiger partial charge in [0.25, 0.3) is 0 Å². The molecule has 4 rings (SSSR count).